The van der Waals surface area contributed by atoms with Gasteiger partial charge >= 0.3 is 5.97 Å². The molecule has 3 unspecified atom stereocenters. The Hall–Kier alpha value is -1.31. The minimum Gasteiger partial charge on any atom is -0.456 e. The van der Waals surface area contributed by atoms with E-state index in [1.165, 1.54) is 35.5 Å². The van der Waals surface area contributed by atoms with Gasteiger partial charge in [0.05, 0.1) is 5.70 Å². The van der Waals surface area contributed by atoms with E-state index in [0.29, 0.717) is 5.70 Å². The molecule has 0 aromatic rings. The number of thioether (sulfide) groups is 2. The maximum atomic E-state index is 12.8. The first kappa shape index (κ1) is 24.3. The third-order valence-electron chi connectivity index (χ3n) is 4.20. The van der Waals surface area contributed by atoms with Gasteiger partial charge in [-0.2, -0.15) is 0 Å². The number of carbonyl (C=O) groups is 3. The third-order valence-corrected chi connectivity index (χ3v) is 6.63. The Morgan fingerprint density at radius 3 is 2.71 bits per heavy atom. The largest absolute Gasteiger partial charge is 0.456 e. The van der Waals surface area contributed by atoms with Crippen LogP contribution < -0.4 is 16.4 Å². The van der Waals surface area contributed by atoms with Crippen molar-refractivity contribution in [3.8, 4) is 0 Å². The molecule has 3 aliphatic heterocycles. The summed E-state index contributed by atoms with van der Waals surface area (Å²) in [5, 5.41) is 10.2. The lowest BCUT2D eigenvalue weighted by atomic mass is 10.0. The Morgan fingerprint density at radius 2 is 2.13 bits per heavy atom. The van der Waals surface area contributed by atoms with E-state index < -0.39 is 45.1 Å². The fraction of sp³-hybridized carbons (Fsp3) is 0.500. The Labute approximate surface area is 201 Å². The second-order valence-corrected chi connectivity index (χ2v) is 11.5. The van der Waals surface area contributed by atoms with E-state index in [4.69, 9.17) is 50.1 Å². The number of ether oxygens (including phenoxy) is 1. The lowest BCUT2D eigenvalue weighted by molar-refractivity contribution is -0.152. The van der Waals surface area contributed by atoms with Crippen LogP contribution in [0.2, 0.25) is 0 Å². The Kier molecular flexibility index (Phi) is 7.59. The summed E-state index contributed by atoms with van der Waals surface area (Å²) in [5.41, 5.74) is 5.68. The molecule has 4 atom stereocenters. The number of nitrogens with one attached hydrogen (secondary N) is 2. The first-order chi connectivity index (χ1) is 14.5. The summed E-state index contributed by atoms with van der Waals surface area (Å²) >= 11 is 19.5. The van der Waals surface area contributed by atoms with Gasteiger partial charge in [0.1, 0.15) is 36.3 Å². The van der Waals surface area contributed by atoms with Crippen molar-refractivity contribution >= 4 is 81.8 Å². The first-order valence-electron chi connectivity index (χ1n) is 8.76. The van der Waals surface area contributed by atoms with Gasteiger partial charge < -0.3 is 25.9 Å². The summed E-state index contributed by atoms with van der Waals surface area (Å²) in [7, 11) is 1.30. The quantitative estimate of drug-likeness (QED) is 0.151. The van der Waals surface area contributed by atoms with Crippen LogP contribution in [0, 0.1) is 0 Å². The van der Waals surface area contributed by atoms with E-state index in [1.807, 2.05) is 6.92 Å². The first-order valence-corrected chi connectivity index (χ1v) is 11.8. The van der Waals surface area contributed by atoms with E-state index in [9.17, 15) is 14.4 Å². The number of hydrogen-bond donors (Lipinski definition) is 3. The fourth-order valence-electron chi connectivity index (χ4n) is 2.94. The van der Waals surface area contributed by atoms with Crippen LogP contribution in [0.25, 0.3) is 0 Å². The maximum Gasteiger partial charge on any atom is 0.354 e. The van der Waals surface area contributed by atoms with Gasteiger partial charge in [-0.3, -0.25) is 14.5 Å². The van der Waals surface area contributed by atoms with Crippen LogP contribution in [0.3, 0.4) is 0 Å². The average Bonchev–Trinajstić information content (AvgIpc) is 3.12. The summed E-state index contributed by atoms with van der Waals surface area (Å²) in [5.74, 6) is -1.91. The molecular formula is C16H18Cl3N5O5S2. The molecule has 31 heavy (non-hydrogen) atoms. The number of β-lactam (4-membered cyclic amide) rings is 1. The molecule has 170 valence electrons. The molecule has 0 aromatic carbocycles. The zero-order valence-corrected chi connectivity index (χ0v) is 20.0. The van der Waals surface area contributed by atoms with Crippen molar-refractivity contribution in [1.29, 1.82) is 0 Å². The Balaban J connectivity index is 1.70. The molecule has 0 radical (unpaired) electrons. The highest BCUT2D eigenvalue weighted by Gasteiger charge is 2.54. The molecule has 4 N–H and O–H groups in total. The SMILES string of the molecule is CO/N=C(/C(=O)NC1C(=O)N2C(C(=O)OCC(Cl)(Cl)Cl)=CC(C)S[C@H]12)C1=CSC(N)N1. The summed E-state index contributed by atoms with van der Waals surface area (Å²) in [4.78, 5) is 44.0. The zero-order chi connectivity index (χ0) is 22.9. The lowest BCUT2D eigenvalue weighted by Gasteiger charge is -2.49. The van der Waals surface area contributed by atoms with Gasteiger partial charge in [-0.1, -0.05) is 51.7 Å². The zero-order valence-electron chi connectivity index (χ0n) is 16.1. The molecule has 0 spiro atoms. The van der Waals surface area contributed by atoms with E-state index in [2.05, 4.69) is 15.8 Å². The number of amides is 2. The molecule has 1 saturated heterocycles. The van der Waals surface area contributed by atoms with Crippen molar-refractivity contribution in [1.82, 2.24) is 15.5 Å². The van der Waals surface area contributed by atoms with Crippen molar-refractivity contribution in [2.24, 2.45) is 10.9 Å². The number of alkyl halides is 3. The second kappa shape index (κ2) is 9.67. The predicted molar refractivity (Wildman–Crippen MR) is 120 cm³/mol. The number of nitrogens with zero attached hydrogens (tertiary/aromatic N) is 2. The van der Waals surface area contributed by atoms with E-state index in [1.54, 1.807) is 11.5 Å². The second-order valence-electron chi connectivity index (χ2n) is 6.49. The summed E-state index contributed by atoms with van der Waals surface area (Å²) < 4.78 is 3.22. The summed E-state index contributed by atoms with van der Waals surface area (Å²) in [6.07, 6.45) is 1.58. The molecule has 1 fully saturated rings. The number of halogens is 3. The predicted octanol–water partition coefficient (Wildman–Crippen LogP) is 0.995. The number of oxime groups is 1. The number of fused-ring (bicyclic) bond motifs is 1. The van der Waals surface area contributed by atoms with Crippen LogP contribution in [0.1, 0.15) is 6.92 Å². The molecule has 2 amide bonds. The molecule has 0 aliphatic carbocycles. The van der Waals surface area contributed by atoms with Crippen LogP contribution in [-0.4, -0.2) is 68.1 Å². The van der Waals surface area contributed by atoms with E-state index in [0.717, 1.165) is 0 Å². The van der Waals surface area contributed by atoms with Crippen molar-refractivity contribution in [3.05, 3.63) is 22.9 Å². The van der Waals surface area contributed by atoms with Crippen LogP contribution in [0.15, 0.2) is 28.0 Å². The van der Waals surface area contributed by atoms with Crippen molar-refractivity contribution in [2.75, 3.05) is 13.7 Å². The molecule has 3 rings (SSSR count). The van der Waals surface area contributed by atoms with Gasteiger partial charge in [-0.25, -0.2) is 4.79 Å². The lowest BCUT2D eigenvalue weighted by Crippen LogP contribution is -2.71. The monoisotopic (exact) mass is 529 g/mol. The summed E-state index contributed by atoms with van der Waals surface area (Å²) in [6, 6.07) is -0.880. The minimum absolute atomic E-state index is 0.0364. The molecule has 15 heteroatoms. The van der Waals surface area contributed by atoms with Gasteiger partial charge in [0, 0.05) is 10.7 Å². The van der Waals surface area contributed by atoms with Gasteiger partial charge in [-0.15, -0.1) is 11.8 Å². The van der Waals surface area contributed by atoms with Crippen LogP contribution in [0.4, 0.5) is 0 Å². The molecule has 0 bridgehead atoms. The number of nitrogens with two attached hydrogens (primary N) is 1. The van der Waals surface area contributed by atoms with Gasteiger partial charge in [0.15, 0.2) is 5.71 Å². The number of rotatable bonds is 6. The average molecular weight is 531 g/mol. The third kappa shape index (κ3) is 5.55. The molecule has 0 aromatic heterocycles. The number of carbonyl (C=O) groups excluding carboxylic acids is 3. The maximum absolute atomic E-state index is 12.8. The Morgan fingerprint density at radius 1 is 1.42 bits per heavy atom. The molecular weight excluding hydrogens is 513 g/mol. The topological polar surface area (TPSA) is 135 Å². The van der Waals surface area contributed by atoms with Crippen molar-refractivity contribution in [2.45, 2.75) is 32.9 Å². The van der Waals surface area contributed by atoms with Crippen molar-refractivity contribution in [3.63, 3.8) is 0 Å². The minimum atomic E-state index is -1.78. The van der Waals surface area contributed by atoms with Gasteiger partial charge in [-0.05, 0) is 13.0 Å². The highest BCUT2D eigenvalue weighted by Crippen LogP contribution is 2.41. The number of esters is 1. The molecule has 3 heterocycles. The standard InChI is InChI=1S/C16H18Cl3N5O5S2/c1-6-3-8(14(27)29-5-16(17,18)19)24-12(26)10(13(24)31-6)22-11(25)9(23-28-2)7-4-30-15(20)21-7/h3-4,6,10,13,15,21H,5,20H2,1-2H3,(H,22,25)/b23-9+/t6?,10?,13-,15?/m1/s1. The molecule has 3 aliphatic rings. The highest BCUT2D eigenvalue weighted by atomic mass is 35.6. The van der Waals surface area contributed by atoms with Crippen LogP contribution in [-0.2, 0) is 24.0 Å². The van der Waals surface area contributed by atoms with Crippen molar-refractivity contribution < 1.29 is 24.0 Å². The van der Waals surface area contributed by atoms with E-state index >= 15 is 0 Å². The molecule has 10 nitrogen and oxygen atoms in total. The van der Waals surface area contributed by atoms with Crippen LogP contribution >= 0.6 is 58.3 Å². The molecule has 0 saturated carbocycles. The fourth-order valence-corrected chi connectivity index (χ4v) is 5.09. The highest BCUT2D eigenvalue weighted by molar-refractivity contribution is 8.03. The van der Waals surface area contributed by atoms with Gasteiger partial charge in [0.2, 0.25) is 3.79 Å². The number of hydrogen-bond acceptors (Lipinski definition) is 10. The Bertz CT molecular complexity index is 878. The normalized spacial score (nSPS) is 28.0. The smallest absolute Gasteiger partial charge is 0.354 e. The summed E-state index contributed by atoms with van der Waals surface area (Å²) in [6.45, 7) is 1.37. The van der Waals surface area contributed by atoms with Gasteiger partial charge in [0.25, 0.3) is 11.8 Å². The van der Waals surface area contributed by atoms with E-state index in [-0.39, 0.29) is 16.7 Å². The van der Waals surface area contributed by atoms with Crippen LogP contribution in [0.5, 0.6) is 0 Å².